The largest absolute Gasteiger partial charge is 0.493 e. The quantitative estimate of drug-likeness (QED) is 0.777. The summed E-state index contributed by atoms with van der Waals surface area (Å²) >= 11 is 0. The van der Waals surface area contributed by atoms with E-state index in [0.717, 1.165) is 24.6 Å². The first-order chi connectivity index (χ1) is 7.58. The average molecular weight is 222 g/mol. The van der Waals surface area contributed by atoms with Gasteiger partial charge in [-0.1, -0.05) is 13.8 Å². The molecule has 1 aromatic carbocycles. The Balaban J connectivity index is 2.41. The van der Waals surface area contributed by atoms with Crippen molar-refractivity contribution in [2.24, 2.45) is 11.7 Å². The molecule has 3 nitrogen and oxygen atoms in total. The third kappa shape index (κ3) is 5.03. The molecule has 1 unspecified atom stereocenters. The molecule has 0 saturated carbocycles. The van der Waals surface area contributed by atoms with Crippen LogP contribution >= 0.6 is 0 Å². The smallest absolute Gasteiger partial charge is 0.119 e. The van der Waals surface area contributed by atoms with Crippen LogP contribution in [-0.2, 0) is 0 Å². The number of hydrogen-bond acceptors (Lipinski definition) is 3. The lowest BCUT2D eigenvalue weighted by molar-refractivity contribution is 0.271. The van der Waals surface area contributed by atoms with Gasteiger partial charge < -0.3 is 15.8 Å². The van der Waals surface area contributed by atoms with E-state index in [2.05, 4.69) is 19.2 Å². The molecule has 3 N–H and O–H groups in total. The lowest BCUT2D eigenvalue weighted by atomic mass is 10.2. The number of anilines is 1. The summed E-state index contributed by atoms with van der Waals surface area (Å²) in [4.78, 5) is 0. The molecule has 1 atom stereocenters. The van der Waals surface area contributed by atoms with Crippen LogP contribution in [0.4, 0.5) is 5.69 Å². The Morgan fingerprint density at radius 2 is 1.81 bits per heavy atom. The molecule has 90 valence electrons. The predicted octanol–water partition coefficient (Wildman–Crippen LogP) is 2.48. The zero-order chi connectivity index (χ0) is 12.0. The number of ether oxygens (including phenoxy) is 1. The van der Waals surface area contributed by atoms with Crippen molar-refractivity contribution >= 4 is 5.69 Å². The van der Waals surface area contributed by atoms with Gasteiger partial charge in [0.05, 0.1) is 6.61 Å². The van der Waals surface area contributed by atoms with Crippen LogP contribution in [-0.4, -0.2) is 19.2 Å². The van der Waals surface area contributed by atoms with Gasteiger partial charge in [-0.3, -0.25) is 0 Å². The summed E-state index contributed by atoms with van der Waals surface area (Å²) in [5.74, 6) is 1.47. The number of nitrogens with one attached hydrogen (secondary N) is 1. The van der Waals surface area contributed by atoms with E-state index in [1.54, 1.807) is 0 Å². The molecule has 0 heterocycles. The summed E-state index contributed by atoms with van der Waals surface area (Å²) in [6.45, 7) is 7.79. The van der Waals surface area contributed by atoms with Crippen LogP contribution in [0.3, 0.4) is 0 Å². The van der Waals surface area contributed by atoms with E-state index in [4.69, 9.17) is 10.5 Å². The van der Waals surface area contributed by atoms with E-state index >= 15 is 0 Å². The molecule has 3 heteroatoms. The summed E-state index contributed by atoms with van der Waals surface area (Å²) in [5, 5.41) is 3.26. The highest BCUT2D eigenvalue weighted by atomic mass is 16.5. The Kier molecular flexibility index (Phi) is 5.12. The van der Waals surface area contributed by atoms with Gasteiger partial charge in [-0.05, 0) is 37.1 Å². The summed E-state index contributed by atoms with van der Waals surface area (Å²) in [5.41, 5.74) is 6.74. The molecule has 0 aliphatic carbocycles. The third-order valence-corrected chi connectivity index (χ3v) is 2.07. The zero-order valence-corrected chi connectivity index (χ0v) is 10.4. The molecule has 1 aromatic rings. The maximum Gasteiger partial charge on any atom is 0.119 e. The Hall–Kier alpha value is -1.22. The second-order valence-electron chi connectivity index (χ2n) is 4.59. The normalized spacial score (nSPS) is 12.6. The zero-order valence-electron chi connectivity index (χ0n) is 10.4. The lowest BCUT2D eigenvalue weighted by Gasteiger charge is -2.11. The molecular formula is C13H22N2O. The van der Waals surface area contributed by atoms with Crippen LogP contribution in [0.25, 0.3) is 0 Å². The minimum atomic E-state index is 0.164. The Bertz CT molecular complexity index is 262. The molecule has 0 aliphatic heterocycles. The Morgan fingerprint density at radius 1 is 1.19 bits per heavy atom. The van der Waals surface area contributed by atoms with Crippen LogP contribution < -0.4 is 15.8 Å². The molecule has 0 aromatic heterocycles. The van der Waals surface area contributed by atoms with Gasteiger partial charge in [0, 0.05) is 18.3 Å². The van der Waals surface area contributed by atoms with Crippen molar-refractivity contribution in [3.8, 4) is 5.75 Å². The van der Waals surface area contributed by atoms with Crippen molar-refractivity contribution in [1.29, 1.82) is 0 Å². The fourth-order valence-electron chi connectivity index (χ4n) is 1.21. The summed E-state index contributed by atoms with van der Waals surface area (Å²) in [6.07, 6.45) is 0. The highest BCUT2D eigenvalue weighted by Gasteiger charge is 1.98. The third-order valence-electron chi connectivity index (χ3n) is 2.07. The van der Waals surface area contributed by atoms with Gasteiger partial charge >= 0.3 is 0 Å². The van der Waals surface area contributed by atoms with Crippen molar-refractivity contribution in [2.45, 2.75) is 26.8 Å². The Labute approximate surface area is 98.0 Å². The van der Waals surface area contributed by atoms with E-state index in [0.29, 0.717) is 5.92 Å². The molecule has 0 amide bonds. The average Bonchev–Trinajstić information content (AvgIpc) is 2.25. The highest BCUT2D eigenvalue weighted by Crippen LogP contribution is 2.16. The summed E-state index contributed by atoms with van der Waals surface area (Å²) < 4.78 is 5.60. The number of benzene rings is 1. The number of nitrogens with two attached hydrogens (primary N) is 1. The molecule has 0 radical (unpaired) electrons. The molecule has 0 spiro atoms. The number of rotatable bonds is 6. The van der Waals surface area contributed by atoms with E-state index < -0.39 is 0 Å². The van der Waals surface area contributed by atoms with E-state index in [-0.39, 0.29) is 6.04 Å². The van der Waals surface area contributed by atoms with Crippen molar-refractivity contribution < 1.29 is 4.74 Å². The SMILES string of the molecule is CC(C)COc1ccc(NCC(C)N)cc1. The van der Waals surface area contributed by atoms with Gasteiger partial charge in [-0.2, -0.15) is 0 Å². The second kappa shape index (κ2) is 6.38. The van der Waals surface area contributed by atoms with Crippen LogP contribution in [0.5, 0.6) is 5.75 Å². The van der Waals surface area contributed by atoms with Crippen LogP contribution in [0.15, 0.2) is 24.3 Å². The first-order valence-electron chi connectivity index (χ1n) is 5.80. The van der Waals surface area contributed by atoms with Crippen molar-refractivity contribution in [3.63, 3.8) is 0 Å². The summed E-state index contributed by atoms with van der Waals surface area (Å²) in [7, 11) is 0. The van der Waals surface area contributed by atoms with Crippen molar-refractivity contribution in [2.75, 3.05) is 18.5 Å². The van der Waals surface area contributed by atoms with Gasteiger partial charge in [-0.25, -0.2) is 0 Å². The minimum Gasteiger partial charge on any atom is -0.493 e. The number of hydrogen-bond donors (Lipinski definition) is 2. The second-order valence-corrected chi connectivity index (χ2v) is 4.59. The summed E-state index contributed by atoms with van der Waals surface area (Å²) in [6, 6.07) is 8.14. The molecule has 16 heavy (non-hydrogen) atoms. The molecule has 1 rings (SSSR count). The van der Waals surface area contributed by atoms with Gasteiger partial charge in [-0.15, -0.1) is 0 Å². The monoisotopic (exact) mass is 222 g/mol. The van der Waals surface area contributed by atoms with Crippen LogP contribution in [0.1, 0.15) is 20.8 Å². The van der Waals surface area contributed by atoms with Crippen LogP contribution in [0, 0.1) is 5.92 Å². The van der Waals surface area contributed by atoms with E-state index in [1.807, 2.05) is 31.2 Å². The maximum absolute atomic E-state index is 5.66. The fraction of sp³-hybridized carbons (Fsp3) is 0.538. The molecule has 0 saturated heterocycles. The standard InChI is InChI=1S/C13H22N2O/c1-10(2)9-16-13-6-4-12(5-7-13)15-8-11(3)14/h4-7,10-11,15H,8-9,14H2,1-3H3. The van der Waals surface area contributed by atoms with Crippen molar-refractivity contribution in [1.82, 2.24) is 0 Å². The first-order valence-corrected chi connectivity index (χ1v) is 5.80. The fourth-order valence-corrected chi connectivity index (χ4v) is 1.21. The van der Waals surface area contributed by atoms with Crippen LogP contribution in [0.2, 0.25) is 0 Å². The molecule has 0 bridgehead atoms. The highest BCUT2D eigenvalue weighted by molar-refractivity contribution is 5.46. The molecule has 0 fully saturated rings. The molecule has 0 aliphatic rings. The van der Waals surface area contributed by atoms with Gasteiger partial charge in [0.25, 0.3) is 0 Å². The van der Waals surface area contributed by atoms with E-state index in [1.165, 1.54) is 0 Å². The molecular weight excluding hydrogens is 200 g/mol. The first kappa shape index (κ1) is 12.8. The van der Waals surface area contributed by atoms with Gasteiger partial charge in [0.1, 0.15) is 5.75 Å². The minimum absolute atomic E-state index is 0.164. The maximum atomic E-state index is 5.66. The van der Waals surface area contributed by atoms with Gasteiger partial charge in [0.2, 0.25) is 0 Å². The van der Waals surface area contributed by atoms with Gasteiger partial charge in [0.15, 0.2) is 0 Å². The Morgan fingerprint density at radius 3 is 2.31 bits per heavy atom. The topological polar surface area (TPSA) is 47.3 Å². The van der Waals surface area contributed by atoms with Crippen molar-refractivity contribution in [3.05, 3.63) is 24.3 Å². The lowest BCUT2D eigenvalue weighted by Crippen LogP contribution is -2.25. The van der Waals surface area contributed by atoms with E-state index in [9.17, 15) is 0 Å². The predicted molar refractivity (Wildman–Crippen MR) is 68.9 cm³/mol.